The molecule has 26 heavy (non-hydrogen) atoms. The third-order valence-electron chi connectivity index (χ3n) is 3.53. The number of hydrogen-bond donors (Lipinski definition) is 3. The SMILES string of the molecule is CCCNC(=O)c1ccccc1NC(=S)NC(=O)c1ccc(OC)cc1. The van der Waals surface area contributed by atoms with Crippen molar-refractivity contribution < 1.29 is 14.3 Å². The second-order valence-electron chi connectivity index (χ2n) is 5.44. The lowest BCUT2D eigenvalue weighted by atomic mass is 10.1. The summed E-state index contributed by atoms with van der Waals surface area (Å²) < 4.78 is 5.06. The van der Waals surface area contributed by atoms with Crippen LogP contribution in [0.1, 0.15) is 34.1 Å². The van der Waals surface area contributed by atoms with E-state index in [1.807, 2.05) is 6.92 Å². The van der Waals surface area contributed by atoms with Crippen LogP contribution in [0.25, 0.3) is 0 Å². The molecule has 6 nitrogen and oxygen atoms in total. The highest BCUT2D eigenvalue weighted by Crippen LogP contribution is 2.15. The van der Waals surface area contributed by atoms with Crippen molar-refractivity contribution in [2.45, 2.75) is 13.3 Å². The molecule has 0 atom stereocenters. The number of methoxy groups -OCH3 is 1. The lowest BCUT2D eigenvalue weighted by Gasteiger charge is -2.13. The molecule has 0 heterocycles. The van der Waals surface area contributed by atoms with Crippen LogP contribution in [-0.2, 0) is 0 Å². The molecule has 0 aliphatic heterocycles. The highest BCUT2D eigenvalue weighted by atomic mass is 32.1. The van der Waals surface area contributed by atoms with Crippen molar-refractivity contribution >= 4 is 34.8 Å². The van der Waals surface area contributed by atoms with Crippen LogP contribution in [-0.4, -0.2) is 30.6 Å². The van der Waals surface area contributed by atoms with Gasteiger partial charge in [0.1, 0.15) is 5.75 Å². The highest BCUT2D eigenvalue weighted by molar-refractivity contribution is 7.80. The number of rotatable bonds is 6. The third-order valence-corrected chi connectivity index (χ3v) is 3.74. The normalized spacial score (nSPS) is 9.92. The van der Waals surface area contributed by atoms with E-state index >= 15 is 0 Å². The number of thiocarbonyl (C=S) groups is 1. The first-order chi connectivity index (χ1) is 12.5. The predicted molar refractivity (Wildman–Crippen MR) is 106 cm³/mol. The number of anilines is 1. The Hall–Kier alpha value is -2.93. The van der Waals surface area contributed by atoms with Crippen molar-refractivity contribution in [1.29, 1.82) is 0 Å². The zero-order valence-electron chi connectivity index (χ0n) is 14.7. The summed E-state index contributed by atoms with van der Waals surface area (Å²) in [6.45, 7) is 2.57. The number of amides is 2. The van der Waals surface area contributed by atoms with Gasteiger partial charge in [-0.15, -0.1) is 0 Å². The van der Waals surface area contributed by atoms with Crippen LogP contribution < -0.4 is 20.7 Å². The minimum absolute atomic E-state index is 0.113. The van der Waals surface area contributed by atoms with Crippen molar-refractivity contribution in [2.75, 3.05) is 19.0 Å². The number of hydrogen-bond acceptors (Lipinski definition) is 4. The molecular formula is C19H21N3O3S. The second kappa shape index (κ2) is 9.53. The Bertz CT molecular complexity index is 791. The van der Waals surface area contributed by atoms with Crippen LogP contribution in [0.3, 0.4) is 0 Å². The van der Waals surface area contributed by atoms with Crippen LogP contribution in [0.15, 0.2) is 48.5 Å². The molecule has 0 saturated heterocycles. The summed E-state index contributed by atoms with van der Waals surface area (Å²) in [5, 5.41) is 8.44. The van der Waals surface area contributed by atoms with Crippen molar-refractivity contribution in [3.8, 4) is 5.75 Å². The molecule has 0 radical (unpaired) electrons. The first kappa shape index (κ1) is 19.4. The van der Waals surface area contributed by atoms with E-state index in [1.54, 1.807) is 55.6 Å². The van der Waals surface area contributed by atoms with E-state index in [2.05, 4.69) is 16.0 Å². The largest absolute Gasteiger partial charge is 0.497 e. The Balaban J connectivity index is 2.03. The topological polar surface area (TPSA) is 79.5 Å². The fourth-order valence-electron chi connectivity index (χ4n) is 2.20. The lowest BCUT2D eigenvalue weighted by Crippen LogP contribution is -2.35. The van der Waals surface area contributed by atoms with Gasteiger partial charge in [-0.3, -0.25) is 14.9 Å². The number of nitrogens with one attached hydrogen (secondary N) is 3. The summed E-state index contributed by atoms with van der Waals surface area (Å²) in [7, 11) is 1.56. The minimum Gasteiger partial charge on any atom is -0.497 e. The minimum atomic E-state index is -0.349. The zero-order valence-corrected chi connectivity index (χ0v) is 15.5. The molecule has 0 aliphatic rings. The lowest BCUT2D eigenvalue weighted by molar-refractivity contribution is 0.0952. The fraction of sp³-hybridized carbons (Fsp3) is 0.211. The number of benzene rings is 2. The van der Waals surface area contributed by atoms with E-state index in [-0.39, 0.29) is 16.9 Å². The van der Waals surface area contributed by atoms with Gasteiger partial charge in [0.05, 0.1) is 18.4 Å². The summed E-state index contributed by atoms with van der Waals surface area (Å²) in [6.07, 6.45) is 0.845. The first-order valence-electron chi connectivity index (χ1n) is 8.18. The maximum atomic E-state index is 12.2. The number of para-hydroxylation sites is 1. The van der Waals surface area contributed by atoms with Gasteiger partial charge < -0.3 is 15.4 Å². The van der Waals surface area contributed by atoms with E-state index < -0.39 is 0 Å². The smallest absolute Gasteiger partial charge is 0.257 e. The van der Waals surface area contributed by atoms with Crippen molar-refractivity contribution in [1.82, 2.24) is 10.6 Å². The van der Waals surface area contributed by atoms with Crippen molar-refractivity contribution in [2.24, 2.45) is 0 Å². The average molecular weight is 371 g/mol. The molecule has 0 bridgehead atoms. The maximum absolute atomic E-state index is 12.2. The Morgan fingerprint density at radius 3 is 2.38 bits per heavy atom. The molecule has 7 heteroatoms. The van der Waals surface area contributed by atoms with E-state index in [1.165, 1.54) is 0 Å². The van der Waals surface area contributed by atoms with Gasteiger partial charge in [-0.2, -0.15) is 0 Å². The van der Waals surface area contributed by atoms with E-state index in [9.17, 15) is 9.59 Å². The Morgan fingerprint density at radius 2 is 1.73 bits per heavy atom. The number of ether oxygens (including phenoxy) is 1. The molecule has 0 spiro atoms. The second-order valence-corrected chi connectivity index (χ2v) is 5.85. The molecule has 2 amide bonds. The molecule has 0 aliphatic carbocycles. The zero-order chi connectivity index (χ0) is 18.9. The Labute approximate surface area is 157 Å². The molecule has 0 unspecified atom stereocenters. The molecule has 2 rings (SSSR count). The first-order valence-corrected chi connectivity index (χ1v) is 8.59. The van der Waals surface area contributed by atoms with Crippen LogP contribution in [0, 0.1) is 0 Å². The number of carbonyl (C=O) groups is 2. The highest BCUT2D eigenvalue weighted by Gasteiger charge is 2.13. The predicted octanol–water partition coefficient (Wildman–Crippen LogP) is 2.96. The average Bonchev–Trinajstić information content (AvgIpc) is 2.66. The standard InChI is InChI=1S/C19H21N3O3S/c1-3-12-20-18(24)15-6-4-5-7-16(15)21-19(26)22-17(23)13-8-10-14(25-2)11-9-13/h4-11H,3,12H2,1-2H3,(H,20,24)(H2,21,22,23,26). The molecule has 3 N–H and O–H groups in total. The van der Waals surface area contributed by atoms with Crippen LogP contribution >= 0.6 is 12.2 Å². The van der Waals surface area contributed by atoms with E-state index in [0.29, 0.717) is 29.1 Å². The molecule has 0 fully saturated rings. The fourth-order valence-corrected chi connectivity index (χ4v) is 2.40. The summed E-state index contributed by atoms with van der Waals surface area (Å²) in [4.78, 5) is 24.5. The van der Waals surface area contributed by atoms with Gasteiger partial charge in [0, 0.05) is 12.1 Å². The van der Waals surface area contributed by atoms with Gasteiger partial charge in [0.25, 0.3) is 11.8 Å². The summed E-state index contributed by atoms with van der Waals surface area (Å²) in [5.41, 5.74) is 1.44. The van der Waals surface area contributed by atoms with Crippen LogP contribution in [0.2, 0.25) is 0 Å². The molecule has 0 aromatic heterocycles. The van der Waals surface area contributed by atoms with Crippen molar-refractivity contribution in [3.05, 3.63) is 59.7 Å². The van der Waals surface area contributed by atoms with Crippen molar-refractivity contribution in [3.63, 3.8) is 0 Å². The summed E-state index contributed by atoms with van der Waals surface area (Å²) in [5.74, 6) is 0.117. The van der Waals surface area contributed by atoms with Gasteiger partial charge in [-0.1, -0.05) is 19.1 Å². The quantitative estimate of drug-likeness (QED) is 0.681. The van der Waals surface area contributed by atoms with Gasteiger partial charge in [0.15, 0.2) is 5.11 Å². The number of carbonyl (C=O) groups excluding carboxylic acids is 2. The summed E-state index contributed by atoms with van der Waals surface area (Å²) in [6, 6.07) is 13.6. The van der Waals surface area contributed by atoms with Gasteiger partial charge in [-0.05, 0) is 55.0 Å². The van der Waals surface area contributed by atoms with Crippen LogP contribution in [0.5, 0.6) is 5.75 Å². The Kier molecular flexibility index (Phi) is 7.11. The molecular weight excluding hydrogens is 350 g/mol. The molecule has 0 saturated carbocycles. The molecule has 2 aromatic carbocycles. The van der Waals surface area contributed by atoms with E-state index in [4.69, 9.17) is 17.0 Å². The van der Waals surface area contributed by atoms with E-state index in [0.717, 1.165) is 6.42 Å². The van der Waals surface area contributed by atoms with Gasteiger partial charge in [0.2, 0.25) is 0 Å². The third kappa shape index (κ3) is 5.29. The monoisotopic (exact) mass is 371 g/mol. The Morgan fingerprint density at radius 1 is 1.04 bits per heavy atom. The molecule has 136 valence electrons. The van der Waals surface area contributed by atoms with Gasteiger partial charge >= 0.3 is 0 Å². The maximum Gasteiger partial charge on any atom is 0.257 e. The van der Waals surface area contributed by atoms with Gasteiger partial charge in [-0.25, -0.2) is 0 Å². The molecule has 2 aromatic rings. The van der Waals surface area contributed by atoms with Crippen LogP contribution in [0.4, 0.5) is 5.69 Å². The summed E-state index contributed by atoms with van der Waals surface area (Å²) >= 11 is 5.20.